The Morgan fingerprint density at radius 2 is 2.21 bits per heavy atom. The third kappa shape index (κ3) is 3.41. The molecule has 102 valence electrons. The van der Waals surface area contributed by atoms with E-state index in [4.69, 9.17) is 0 Å². The number of carbonyl (C=O) groups excluding carboxylic acids is 1. The molecule has 2 unspecified atom stereocenters. The van der Waals surface area contributed by atoms with Crippen molar-refractivity contribution < 1.29 is 14.3 Å². The lowest BCUT2D eigenvalue weighted by molar-refractivity contribution is -0.130. The molecule has 1 amide bonds. The summed E-state index contributed by atoms with van der Waals surface area (Å²) in [6.45, 7) is 2.96. The Kier molecular flexibility index (Phi) is 4.32. The summed E-state index contributed by atoms with van der Waals surface area (Å²) < 4.78 is 13.4. The molecule has 1 aliphatic rings. The zero-order valence-corrected chi connectivity index (χ0v) is 10.9. The number of nitrogens with zero attached hydrogens (tertiary/aromatic N) is 1. The van der Waals surface area contributed by atoms with E-state index < -0.39 is 6.10 Å². The van der Waals surface area contributed by atoms with E-state index in [9.17, 15) is 14.3 Å². The molecule has 1 saturated heterocycles. The van der Waals surface area contributed by atoms with E-state index in [-0.39, 0.29) is 17.6 Å². The van der Waals surface area contributed by atoms with E-state index in [1.165, 1.54) is 18.2 Å². The predicted molar refractivity (Wildman–Crippen MR) is 71.8 cm³/mol. The van der Waals surface area contributed by atoms with Crippen molar-refractivity contribution in [3.63, 3.8) is 0 Å². The van der Waals surface area contributed by atoms with Crippen LogP contribution in [0.2, 0.25) is 0 Å². The number of hydrogen-bond acceptors (Lipinski definition) is 2. The number of halogens is 1. The number of carbonyl (C=O) groups is 1. The Hall–Kier alpha value is -1.68. The minimum absolute atomic E-state index is 0.186. The first-order valence-corrected chi connectivity index (χ1v) is 6.47. The second-order valence-electron chi connectivity index (χ2n) is 4.97. The highest BCUT2D eigenvalue weighted by atomic mass is 19.1. The van der Waals surface area contributed by atoms with Crippen LogP contribution in [0.25, 0.3) is 6.08 Å². The molecule has 1 aromatic rings. The summed E-state index contributed by atoms with van der Waals surface area (Å²) in [4.78, 5) is 13.5. The average molecular weight is 263 g/mol. The lowest BCUT2D eigenvalue weighted by atomic mass is 9.96. The maximum atomic E-state index is 13.4. The van der Waals surface area contributed by atoms with Crippen LogP contribution in [0.5, 0.6) is 0 Å². The molecule has 0 aromatic heterocycles. The van der Waals surface area contributed by atoms with Gasteiger partial charge < -0.3 is 10.0 Å². The van der Waals surface area contributed by atoms with Crippen LogP contribution < -0.4 is 0 Å². The highest BCUT2D eigenvalue weighted by Gasteiger charge is 2.26. The molecule has 0 radical (unpaired) electrons. The van der Waals surface area contributed by atoms with Gasteiger partial charge in [-0.05, 0) is 24.5 Å². The maximum absolute atomic E-state index is 13.4. The molecule has 0 aliphatic carbocycles. The molecule has 3 nitrogen and oxygen atoms in total. The van der Waals surface area contributed by atoms with Crippen molar-refractivity contribution in [1.82, 2.24) is 4.90 Å². The van der Waals surface area contributed by atoms with Crippen LogP contribution in [0.3, 0.4) is 0 Å². The average Bonchev–Trinajstić information content (AvgIpc) is 2.40. The van der Waals surface area contributed by atoms with Gasteiger partial charge in [0.05, 0.1) is 6.10 Å². The number of hydrogen-bond donors (Lipinski definition) is 1. The standard InChI is InChI=1S/C15H18FNO2/c1-11-8-9-17(10-14(11)18)15(19)7-6-12-4-2-3-5-13(12)16/h2-7,11,14,18H,8-10H2,1H3/b7-6+. The summed E-state index contributed by atoms with van der Waals surface area (Å²) in [5.74, 6) is -0.312. The first-order valence-electron chi connectivity index (χ1n) is 6.47. The molecule has 1 aliphatic heterocycles. The summed E-state index contributed by atoms with van der Waals surface area (Å²) in [5, 5.41) is 9.75. The predicted octanol–water partition coefficient (Wildman–Crippen LogP) is 2.07. The Morgan fingerprint density at radius 3 is 2.89 bits per heavy atom. The van der Waals surface area contributed by atoms with Crippen molar-refractivity contribution in [3.8, 4) is 0 Å². The van der Waals surface area contributed by atoms with Crippen LogP contribution in [0, 0.1) is 11.7 Å². The van der Waals surface area contributed by atoms with Crippen molar-refractivity contribution >= 4 is 12.0 Å². The summed E-state index contributed by atoms with van der Waals surface area (Å²) in [6, 6.07) is 6.30. The molecule has 1 N–H and O–H groups in total. The summed E-state index contributed by atoms with van der Waals surface area (Å²) in [6.07, 6.45) is 3.16. The van der Waals surface area contributed by atoms with E-state index in [0.29, 0.717) is 18.7 Å². The van der Waals surface area contributed by atoms with Gasteiger partial charge in [-0.2, -0.15) is 0 Å². The Bertz CT molecular complexity index is 487. The van der Waals surface area contributed by atoms with Crippen LogP contribution >= 0.6 is 0 Å². The second-order valence-corrected chi connectivity index (χ2v) is 4.97. The molecule has 1 fully saturated rings. The molecule has 1 aromatic carbocycles. The van der Waals surface area contributed by atoms with Crippen LogP contribution in [0.4, 0.5) is 4.39 Å². The van der Waals surface area contributed by atoms with Gasteiger partial charge in [0.15, 0.2) is 0 Å². The van der Waals surface area contributed by atoms with Gasteiger partial charge in [0.1, 0.15) is 5.82 Å². The SMILES string of the molecule is CC1CCN(C(=O)/C=C/c2ccccc2F)CC1O. The number of amides is 1. The van der Waals surface area contributed by atoms with Crippen LogP contribution in [-0.4, -0.2) is 35.1 Å². The smallest absolute Gasteiger partial charge is 0.246 e. The van der Waals surface area contributed by atoms with Crippen molar-refractivity contribution in [2.75, 3.05) is 13.1 Å². The minimum Gasteiger partial charge on any atom is -0.391 e. The van der Waals surface area contributed by atoms with Gasteiger partial charge in [0, 0.05) is 24.7 Å². The molecule has 0 spiro atoms. The van der Waals surface area contributed by atoms with Crippen molar-refractivity contribution in [1.29, 1.82) is 0 Å². The minimum atomic E-state index is -0.473. The fraction of sp³-hybridized carbons (Fsp3) is 0.400. The zero-order valence-electron chi connectivity index (χ0n) is 10.9. The van der Waals surface area contributed by atoms with Gasteiger partial charge in [0.25, 0.3) is 0 Å². The molecule has 4 heteroatoms. The van der Waals surface area contributed by atoms with Gasteiger partial charge in [-0.1, -0.05) is 25.1 Å². The fourth-order valence-corrected chi connectivity index (χ4v) is 2.13. The highest BCUT2D eigenvalue weighted by Crippen LogP contribution is 2.17. The third-order valence-corrected chi connectivity index (χ3v) is 3.54. The van der Waals surface area contributed by atoms with Crippen LogP contribution in [-0.2, 0) is 4.79 Å². The molecule has 2 rings (SSSR count). The van der Waals surface area contributed by atoms with E-state index in [1.54, 1.807) is 23.1 Å². The Labute approximate surface area is 112 Å². The maximum Gasteiger partial charge on any atom is 0.246 e. The Balaban J connectivity index is 2.00. The van der Waals surface area contributed by atoms with E-state index in [1.807, 2.05) is 6.92 Å². The van der Waals surface area contributed by atoms with E-state index in [0.717, 1.165) is 6.42 Å². The van der Waals surface area contributed by atoms with Gasteiger partial charge in [0.2, 0.25) is 5.91 Å². The number of β-amino-alcohol motifs (C(OH)–C–C–N with tert-alkyl or cyclic N) is 1. The summed E-state index contributed by atoms with van der Waals surface area (Å²) in [5.41, 5.74) is 0.391. The lowest BCUT2D eigenvalue weighted by Crippen LogP contribution is -2.45. The van der Waals surface area contributed by atoms with Gasteiger partial charge >= 0.3 is 0 Å². The number of likely N-dealkylation sites (tertiary alicyclic amines) is 1. The van der Waals surface area contributed by atoms with Gasteiger partial charge in [-0.15, -0.1) is 0 Å². The van der Waals surface area contributed by atoms with Crippen LogP contribution in [0.1, 0.15) is 18.9 Å². The quantitative estimate of drug-likeness (QED) is 0.830. The van der Waals surface area contributed by atoms with Gasteiger partial charge in [-0.25, -0.2) is 4.39 Å². The highest BCUT2D eigenvalue weighted by molar-refractivity contribution is 5.91. The van der Waals surface area contributed by atoms with Gasteiger partial charge in [-0.3, -0.25) is 4.79 Å². The number of rotatable bonds is 2. The lowest BCUT2D eigenvalue weighted by Gasteiger charge is -2.33. The largest absolute Gasteiger partial charge is 0.391 e. The first kappa shape index (κ1) is 13.7. The summed E-state index contributed by atoms with van der Waals surface area (Å²) >= 11 is 0. The van der Waals surface area contributed by atoms with Crippen LogP contribution in [0.15, 0.2) is 30.3 Å². The monoisotopic (exact) mass is 263 g/mol. The number of piperidine rings is 1. The van der Waals surface area contributed by atoms with Crippen molar-refractivity contribution in [2.45, 2.75) is 19.4 Å². The van der Waals surface area contributed by atoms with E-state index >= 15 is 0 Å². The number of aliphatic hydroxyl groups excluding tert-OH is 1. The van der Waals surface area contributed by atoms with Crippen molar-refractivity contribution in [3.05, 3.63) is 41.7 Å². The molecular weight excluding hydrogens is 245 g/mol. The molecule has 0 saturated carbocycles. The molecular formula is C15H18FNO2. The molecule has 19 heavy (non-hydrogen) atoms. The summed E-state index contributed by atoms with van der Waals surface area (Å²) in [7, 11) is 0. The first-order chi connectivity index (χ1) is 9.08. The molecule has 1 heterocycles. The van der Waals surface area contributed by atoms with E-state index in [2.05, 4.69) is 0 Å². The fourth-order valence-electron chi connectivity index (χ4n) is 2.13. The third-order valence-electron chi connectivity index (χ3n) is 3.54. The second kappa shape index (κ2) is 5.97. The topological polar surface area (TPSA) is 40.5 Å². The number of aliphatic hydroxyl groups is 1. The Morgan fingerprint density at radius 1 is 1.47 bits per heavy atom. The molecule has 0 bridgehead atoms. The number of benzene rings is 1. The van der Waals surface area contributed by atoms with Crippen molar-refractivity contribution in [2.24, 2.45) is 5.92 Å². The molecule has 2 atom stereocenters. The normalized spacial score (nSPS) is 23.8. The zero-order chi connectivity index (χ0) is 13.8.